The number of hydrogen-bond acceptors (Lipinski definition) is 3. The fourth-order valence-corrected chi connectivity index (χ4v) is 4.63. The first-order valence-corrected chi connectivity index (χ1v) is 12.5. The molecule has 0 radical (unpaired) electrons. The van der Waals surface area contributed by atoms with E-state index in [1.165, 1.54) is 16.8 Å². The second-order valence-corrected chi connectivity index (χ2v) is 10.0. The van der Waals surface area contributed by atoms with Crippen molar-refractivity contribution in [1.29, 1.82) is 0 Å². The number of nitrogens with zero attached hydrogens (tertiary/aromatic N) is 4. The van der Waals surface area contributed by atoms with Crippen LogP contribution in [0.2, 0.25) is 10.0 Å². The van der Waals surface area contributed by atoms with Gasteiger partial charge in [-0.05, 0) is 53.1 Å². The van der Waals surface area contributed by atoms with Gasteiger partial charge in [0.15, 0.2) is 11.5 Å². The standard InChI is InChI=1S/C28H21Cl2F3N4O/c1-16(2)25-34-35-26-23(18-5-11-21(29)12-6-18)24(19-7-13-22(30)14-8-19)27(38)36(37(25)26)15-17-3-9-20(10-4-17)28(31,32)33/h3-14,16H,15H2,1-2H3. The molecular formula is C28H21Cl2F3N4O. The van der Waals surface area contributed by atoms with Gasteiger partial charge in [0, 0.05) is 21.5 Å². The van der Waals surface area contributed by atoms with Crippen molar-refractivity contribution in [1.82, 2.24) is 19.4 Å². The minimum Gasteiger partial charge on any atom is -0.267 e. The minimum atomic E-state index is -4.45. The predicted octanol–water partition coefficient (Wildman–Crippen LogP) is 7.72. The van der Waals surface area contributed by atoms with Gasteiger partial charge >= 0.3 is 6.18 Å². The number of alkyl halides is 3. The molecule has 0 N–H and O–H groups in total. The normalized spacial score (nSPS) is 12.0. The van der Waals surface area contributed by atoms with Crippen LogP contribution in [0.4, 0.5) is 13.2 Å². The maximum absolute atomic E-state index is 14.3. The van der Waals surface area contributed by atoms with E-state index in [1.54, 1.807) is 53.0 Å². The number of fused-ring (bicyclic) bond motifs is 1. The van der Waals surface area contributed by atoms with Gasteiger partial charge in [0.1, 0.15) is 0 Å². The summed E-state index contributed by atoms with van der Waals surface area (Å²) in [5, 5.41) is 9.92. The number of rotatable bonds is 5. The summed E-state index contributed by atoms with van der Waals surface area (Å²) in [7, 11) is 0. The molecule has 5 aromatic rings. The lowest BCUT2D eigenvalue weighted by Gasteiger charge is -2.19. The third kappa shape index (κ3) is 4.81. The quantitative estimate of drug-likeness (QED) is 0.222. The lowest BCUT2D eigenvalue weighted by molar-refractivity contribution is -0.137. The number of hydrogen-bond donors (Lipinski definition) is 0. The molecule has 0 aliphatic heterocycles. The molecule has 0 amide bonds. The molecule has 194 valence electrons. The fraction of sp³-hybridized carbons (Fsp3) is 0.179. The average Bonchev–Trinajstić information content (AvgIpc) is 3.32. The molecule has 2 heterocycles. The van der Waals surface area contributed by atoms with Gasteiger partial charge in [-0.2, -0.15) is 13.2 Å². The molecule has 3 aromatic carbocycles. The first-order valence-electron chi connectivity index (χ1n) is 11.7. The van der Waals surface area contributed by atoms with Crippen molar-refractivity contribution in [2.24, 2.45) is 0 Å². The number of halogens is 5. The summed E-state index contributed by atoms with van der Waals surface area (Å²) >= 11 is 12.3. The summed E-state index contributed by atoms with van der Waals surface area (Å²) in [4.78, 5) is 14.3. The van der Waals surface area contributed by atoms with E-state index in [0.717, 1.165) is 12.1 Å². The van der Waals surface area contributed by atoms with E-state index >= 15 is 0 Å². The monoisotopic (exact) mass is 556 g/mol. The van der Waals surface area contributed by atoms with Crippen molar-refractivity contribution in [3.05, 3.63) is 110 Å². The van der Waals surface area contributed by atoms with Crippen molar-refractivity contribution in [3.63, 3.8) is 0 Å². The van der Waals surface area contributed by atoms with Gasteiger partial charge in [-0.15, -0.1) is 10.2 Å². The molecular weight excluding hydrogens is 536 g/mol. The van der Waals surface area contributed by atoms with Crippen molar-refractivity contribution >= 4 is 28.8 Å². The Labute approximate surface area is 226 Å². The Morgan fingerprint density at radius 3 is 1.82 bits per heavy atom. The molecule has 0 saturated carbocycles. The van der Waals surface area contributed by atoms with Gasteiger partial charge in [0.2, 0.25) is 0 Å². The topological polar surface area (TPSA) is 52.2 Å². The summed E-state index contributed by atoms with van der Waals surface area (Å²) in [6, 6.07) is 18.7. The predicted molar refractivity (Wildman–Crippen MR) is 143 cm³/mol. The summed E-state index contributed by atoms with van der Waals surface area (Å²) < 4.78 is 42.5. The van der Waals surface area contributed by atoms with E-state index in [1.807, 2.05) is 13.8 Å². The van der Waals surface area contributed by atoms with Crippen molar-refractivity contribution < 1.29 is 13.2 Å². The highest BCUT2D eigenvalue weighted by Gasteiger charge is 2.30. The number of benzene rings is 3. The summed E-state index contributed by atoms with van der Waals surface area (Å²) in [6.07, 6.45) is -4.45. The first-order chi connectivity index (χ1) is 18.0. The first kappa shape index (κ1) is 26.0. The second-order valence-electron chi connectivity index (χ2n) is 9.17. The Hall–Kier alpha value is -3.62. The van der Waals surface area contributed by atoms with Gasteiger partial charge in [-0.3, -0.25) is 4.79 Å². The molecule has 0 atom stereocenters. The van der Waals surface area contributed by atoms with Crippen LogP contribution in [0.15, 0.2) is 77.6 Å². The molecule has 0 bridgehead atoms. The van der Waals surface area contributed by atoms with Crippen LogP contribution >= 0.6 is 23.2 Å². The Morgan fingerprint density at radius 2 is 1.32 bits per heavy atom. The van der Waals surface area contributed by atoms with Gasteiger partial charge in [-0.25, -0.2) is 9.20 Å². The van der Waals surface area contributed by atoms with Crippen molar-refractivity contribution in [2.75, 3.05) is 0 Å². The van der Waals surface area contributed by atoms with Crippen LogP contribution in [0.1, 0.15) is 36.7 Å². The highest BCUT2D eigenvalue weighted by atomic mass is 35.5. The Bertz CT molecular complexity index is 1670. The Balaban J connectivity index is 1.83. The van der Waals surface area contributed by atoms with Gasteiger partial charge in [0.05, 0.1) is 17.7 Å². The highest BCUT2D eigenvalue weighted by molar-refractivity contribution is 6.31. The zero-order valence-corrected chi connectivity index (χ0v) is 21.8. The van der Waals surface area contributed by atoms with E-state index in [0.29, 0.717) is 49.3 Å². The van der Waals surface area contributed by atoms with E-state index in [9.17, 15) is 18.0 Å². The SMILES string of the molecule is CC(C)c1nnc2c(-c3ccc(Cl)cc3)c(-c3ccc(Cl)cc3)c(=O)n(Cc3ccc(C(F)(F)F)cc3)n12. The summed E-state index contributed by atoms with van der Waals surface area (Å²) in [6.45, 7) is 3.86. The fourth-order valence-electron chi connectivity index (χ4n) is 4.37. The molecule has 5 nitrogen and oxygen atoms in total. The highest BCUT2D eigenvalue weighted by Crippen LogP contribution is 2.35. The lowest BCUT2D eigenvalue weighted by Crippen LogP contribution is -2.30. The molecule has 2 aromatic heterocycles. The molecule has 0 saturated heterocycles. The van der Waals surface area contributed by atoms with Crippen LogP contribution in [-0.2, 0) is 12.7 Å². The minimum absolute atomic E-state index is 0.00666. The van der Waals surface area contributed by atoms with Crippen molar-refractivity contribution in [2.45, 2.75) is 32.5 Å². The second kappa shape index (κ2) is 9.93. The van der Waals surface area contributed by atoms with E-state index in [-0.39, 0.29) is 18.0 Å². The van der Waals surface area contributed by atoms with Crippen LogP contribution in [0, 0.1) is 0 Å². The van der Waals surface area contributed by atoms with E-state index < -0.39 is 11.7 Å². The molecule has 10 heteroatoms. The maximum atomic E-state index is 14.3. The zero-order valence-electron chi connectivity index (χ0n) is 20.3. The van der Waals surface area contributed by atoms with Crippen molar-refractivity contribution in [3.8, 4) is 22.3 Å². The maximum Gasteiger partial charge on any atom is 0.416 e. The molecule has 38 heavy (non-hydrogen) atoms. The third-order valence-electron chi connectivity index (χ3n) is 6.22. The molecule has 0 spiro atoms. The smallest absolute Gasteiger partial charge is 0.267 e. The summed E-state index contributed by atoms with van der Waals surface area (Å²) in [5.74, 6) is 0.449. The van der Waals surface area contributed by atoms with Crippen LogP contribution < -0.4 is 5.56 Å². The molecule has 0 fully saturated rings. The summed E-state index contributed by atoms with van der Waals surface area (Å²) in [5.41, 5.74) is 2.10. The van der Waals surface area contributed by atoms with E-state index in [2.05, 4.69) is 10.2 Å². The zero-order chi connectivity index (χ0) is 27.2. The Kier molecular flexibility index (Phi) is 6.79. The van der Waals surface area contributed by atoms with Crippen LogP contribution in [0.25, 0.3) is 27.9 Å². The van der Waals surface area contributed by atoms with Gasteiger partial charge in [-0.1, -0.05) is 73.4 Å². The average molecular weight is 557 g/mol. The molecule has 0 unspecified atom stereocenters. The number of aromatic nitrogens is 4. The van der Waals surface area contributed by atoms with Crippen LogP contribution in [0.5, 0.6) is 0 Å². The lowest BCUT2D eigenvalue weighted by atomic mass is 9.96. The van der Waals surface area contributed by atoms with E-state index in [4.69, 9.17) is 23.2 Å². The molecule has 5 rings (SSSR count). The Morgan fingerprint density at radius 1 is 0.789 bits per heavy atom. The third-order valence-corrected chi connectivity index (χ3v) is 6.73. The van der Waals surface area contributed by atoms with Crippen LogP contribution in [-0.4, -0.2) is 19.4 Å². The molecule has 0 aliphatic rings. The van der Waals surface area contributed by atoms with Crippen LogP contribution in [0.3, 0.4) is 0 Å². The largest absolute Gasteiger partial charge is 0.416 e. The van der Waals surface area contributed by atoms with Gasteiger partial charge in [0.25, 0.3) is 5.56 Å². The van der Waals surface area contributed by atoms with Gasteiger partial charge < -0.3 is 0 Å². The molecule has 0 aliphatic carbocycles.